The van der Waals surface area contributed by atoms with E-state index in [2.05, 4.69) is 10.4 Å². The Labute approximate surface area is 155 Å². The van der Waals surface area contributed by atoms with Gasteiger partial charge in [-0.25, -0.2) is 0 Å². The van der Waals surface area contributed by atoms with Gasteiger partial charge in [-0.1, -0.05) is 41.9 Å². The van der Waals surface area contributed by atoms with Crippen molar-refractivity contribution in [1.82, 2.24) is 9.78 Å². The van der Waals surface area contributed by atoms with Gasteiger partial charge in [0.2, 0.25) is 5.91 Å². The van der Waals surface area contributed by atoms with E-state index in [0.717, 1.165) is 5.56 Å². The summed E-state index contributed by atoms with van der Waals surface area (Å²) in [7, 11) is 0. The molecule has 2 aromatic carbocycles. The predicted octanol–water partition coefficient (Wildman–Crippen LogP) is 3.18. The molecule has 3 aromatic rings. The maximum atomic E-state index is 12.9. The number of nitrogens with zero attached hydrogens (tertiary/aromatic N) is 3. The van der Waals surface area contributed by atoms with Crippen LogP contribution >= 0.6 is 11.6 Å². The molecule has 0 unspecified atom stereocenters. The van der Waals surface area contributed by atoms with E-state index in [1.165, 1.54) is 11.1 Å². The quantitative estimate of drug-likeness (QED) is 0.774. The summed E-state index contributed by atoms with van der Waals surface area (Å²) >= 11 is 6.18. The second-order valence-corrected chi connectivity index (χ2v) is 6.38. The molecule has 4 rings (SSSR count). The summed E-state index contributed by atoms with van der Waals surface area (Å²) in [5, 5.41) is 7.68. The third kappa shape index (κ3) is 3.07. The fraction of sp³-hybridized carbons (Fsp3) is 0.105. The Kier molecular flexibility index (Phi) is 4.18. The molecule has 0 fully saturated rings. The van der Waals surface area contributed by atoms with Crippen LogP contribution in [0.1, 0.15) is 15.9 Å². The monoisotopic (exact) mass is 366 g/mol. The lowest BCUT2D eigenvalue weighted by molar-refractivity contribution is -0.115. The molecule has 7 heteroatoms. The molecule has 0 radical (unpaired) electrons. The van der Waals surface area contributed by atoms with Crippen molar-refractivity contribution in [2.24, 2.45) is 0 Å². The number of anilines is 2. The Bertz CT molecular complexity index is 998. The van der Waals surface area contributed by atoms with Crippen LogP contribution in [0.4, 0.5) is 11.4 Å². The van der Waals surface area contributed by atoms with Gasteiger partial charge >= 0.3 is 0 Å². The average molecular weight is 367 g/mol. The molecule has 0 bridgehead atoms. The lowest BCUT2D eigenvalue weighted by Crippen LogP contribution is -2.42. The van der Waals surface area contributed by atoms with Gasteiger partial charge in [-0.3, -0.25) is 19.2 Å². The van der Waals surface area contributed by atoms with Crippen LogP contribution in [0.25, 0.3) is 0 Å². The normalized spacial score (nSPS) is 13.3. The van der Waals surface area contributed by atoms with Crippen molar-refractivity contribution < 1.29 is 9.59 Å². The van der Waals surface area contributed by atoms with E-state index in [1.807, 2.05) is 36.4 Å². The Morgan fingerprint density at radius 2 is 1.92 bits per heavy atom. The third-order valence-corrected chi connectivity index (χ3v) is 4.55. The summed E-state index contributed by atoms with van der Waals surface area (Å²) in [6.45, 7) is 0.440. The molecule has 2 heterocycles. The van der Waals surface area contributed by atoms with Crippen molar-refractivity contribution >= 4 is 34.8 Å². The number of amides is 2. The van der Waals surface area contributed by atoms with Crippen molar-refractivity contribution in [2.45, 2.75) is 6.54 Å². The van der Waals surface area contributed by atoms with Gasteiger partial charge in [0.15, 0.2) is 0 Å². The predicted molar refractivity (Wildman–Crippen MR) is 99.5 cm³/mol. The molecule has 1 aliphatic rings. The van der Waals surface area contributed by atoms with Gasteiger partial charge in [0.05, 0.1) is 29.7 Å². The number of hydrogen-bond donors (Lipinski definition) is 1. The van der Waals surface area contributed by atoms with Crippen molar-refractivity contribution in [2.75, 3.05) is 16.8 Å². The lowest BCUT2D eigenvalue weighted by atomic mass is 10.1. The number of hydrogen-bond acceptors (Lipinski definition) is 3. The maximum absolute atomic E-state index is 12.9. The molecule has 1 aromatic heterocycles. The van der Waals surface area contributed by atoms with Crippen molar-refractivity contribution in [1.29, 1.82) is 0 Å². The topological polar surface area (TPSA) is 67.2 Å². The average Bonchev–Trinajstić information content (AvgIpc) is 3.11. The Morgan fingerprint density at radius 3 is 2.77 bits per heavy atom. The second-order valence-electron chi connectivity index (χ2n) is 5.97. The standard InChI is InChI=1S/C19H15ClN4O2/c20-15-6-2-1-5-13(15)10-23-11-14(9-21-23)19(26)24-12-18(25)22-16-7-3-4-8-17(16)24/h1-9,11H,10,12H2,(H,22,25). The highest BCUT2D eigenvalue weighted by molar-refractivity contribution is 6.31. The van der Waals surface area contributed by atoms with E-state index >= 15 is 0 Å². The highest BCUT2D eigenvalue weighted by Crippen LogP contribution is 2.30. The van der Waals surface area contributed by atoms with E-state index in [-0.39, 0.29) is 18.4 Å². The van der Waals surface area contributed by atoms with Crippen molar-refractivity contribution in [3.63, 3.8) is 0 Å². The molecule has 0 saturated heterocycles. The van der Waals surface area contributed by atoms with E-state index in [0.29, 0.717) is 28.5 Å². The maximum Gasteiger partial charge on any atom is 0.262 e. The van der Waals surface area contributed by atoms with Crippen LogP contribution in [0, 0.1) is 0 Å². The number of nitrogens with one attached hydrogen (secondary N) is 1. The first-order valence-corrected chi connectivity index (χ1v) is 8.46. The van der Waals surface area contributed by atoms with Gasteiger partial charge in [0.1, 0.15) is 6.54 Å². The first kappa shape index (κ1) is 16.4. The molecule has 0 aliphatic carbocycles. The number of benzene rings is 2. The third-order valence-electron chi connectivity index (χ3n) is 4.19. The largest absolute Gasteiger partial charge is 0.323 e. The van der Waals surface area contributed by atoms with Crippen LogP contribution in [-0.4, -0.2) is 28.1 Å². The first-order valence-electron chi connectivity index (χ1n) is 8.08. The summed E-state index contributed by atoms with van der Waals surface area (Å²) in [6, 6.07) is 14.7. The van der Waals surface area contributed by atoms with Crippen LogP contribution in [0.15, 0.2) is 60.9 Å². The molecule has 2 amide bonds. The van der Waals surface area contributed by atoms with Crippen LogP contribution in [-0.2, 0) is 11.3 Å². The SMILES string of the molecule is O=C1CN(C(=O)c2cnn(Cc3ccccc3Cl)c2)c2ccccc2N1. The Balaban J connectivity index is 1.59. The molecular weight excluding hydrogens is 352 g/mol. The molecule has 130 valence electrons. The number of carbonyl (C=O) groups is 2. The van der Waals surface area contributed by atoms with Gasteiger partial charge in [-0.15, -0.1) is 0 Å². The zero-order chi connectivity index (χ0) is 18.1. The summed E-state index contributed by atoms with van der Waals surface area (Å²) in [5.74, 6) is -0.488. The molecule has 0 saturated carbocycles. The molecule has 1 N–H and O–H groups in total. The fourth-order valence-electron chi connectivity index (χ4n) is 2.93. The molecule has 1 aliphatic heterocycles. The molecule has 0 spiro atoms. The molecule has 0 atom stereocenters. The lowest BCUT2D eigenvalue weighted by Gasteiger charge is -2.28. The zero-order valence-corrected chi connectivity index (χ0v) is 14.5. The number of fused-ring (bicyclic) bond motifs is 1. The zero-order valence-electron chi connectivity index (χ0n) is 13.7. The molecule has 6 nitrogen and oxygen atoms in total. The van der Waals surface area contributed by atoms with Gasteiger partial charge in [0, 0.05) is 11.2 Å². The van der Waals surface area contributed by atoms with Crippen LogP contribution in [0.3, 0.4) is 0 Å². The van der Waals surface area contributed by atoms with E-state index in [9.17, 15) is 9.59 Å². The first-order chi connectivity index (χ1) is 12.6. The van der Waals surface area contributed by atoms with Crippen LogP contribution in [0.5, 0.6) is 0 Å². The smallest absolute Gasteiger partial charge is 0.262 e. The van der Waals surface area contributed by atoms with Gasteiger partial charge in [0.25, 0.3) is 5.91 Å². The summed E-state index contributed by atoms with van der Waals surface area (Å²) in [6.07, 6.45) is 3.18. The number of rotatable bonds is 3. The van der Waals surface area contributed by atoms with Crippen LogP contribution < -0.4 is 10.2 Å². The number of para-hydroxylation sites is 2. The van der Waals surface area contributed by atoms with Crippen LogP contribution in [0.2, 0.25) is 5.02 Å². The van der Waals surface area contributed by atoms with Gasteiger partial charge in [-0.05, 0) is 23.8 Å². The minimum atomic E-state index is -0.266. The van der Waals surface area contributed by atoms with Gasteiger partial charge < -0.3 is 5.32 Å². The van der Waals surface area contributed by atoms with Crippen molar-refractivity contribution in [3.8, 4) is 0 Å². The van der Waals surface area contributed by atoms with E-state index < -0.39 is 0 Å². The highest BCUT2D eigenvalue weighted by atomic mass is 35.5. The van der Waals surface area contributed by atoms with Crippen molar-refractivity contribution in [3.05, 3.63) is 77.1 Å². The number of carbonyl (C=O) groups excluding carboxylic acids is 2. The molecule has 26 heavy (non-hydrogen) atoms. The minimum absolute atomic E-state index is 0.0223. The minimum Gasteiger partial charge on any atom is -0.323 e. The second kappa shape index (κ2) is 6.65. The number of halogens is 1. The summed E-state index contributed by atoms with van der Waals surface area (Å²) < 4.78 is 1.66. The summed E-state index contributed by atoms with van der Waals surface area (Å²) in [5.41, 5.74) is 2.64. The molecular formula is C19H15ClN4O2. The van der Waals surface area contributed by atoms with E-state index in [1.54, 1.807) is 23.0 Å². The Hall–Kier alpha value is -3.12. The summed E-state index contributed by atoms with van der Waals surface area (Å²) in [4.78, 5) is 26.3. The fourth-order valence-corrected chi connectivity index (χ4v) is 3.13. The Morgan fingerprint density at radius 1 is 1.15 bits per heavy atom. The van der Waals surface area contributed by atoms with Gasteiger partial charge in [-0.2, -0.15) is 5.10 Å². The number of aromatic nitrogens is 2. The highest BCUT2D eigenvalue weighted by Gasteiger charge is 2.28. The van der Waals surface area contributed by atoms with E-state index in [4.69, 9.17) is 11.6 Å².